The van der Waals surface area contributed by atoms with Crippen LogP contribution in [0.25, 0.3) is 11.0 Å². The molecule has 0 unspecified atom stereocenters. The number of morpholine rings is 1. The summed E-state index contributed by atoms with van der Waals surface area (Å²) < 4.78 is 10.7. The number of fused-ring (bicyclic) bond motifs is 1. The Morgan fingerprint density at radius 1 is 1.14 bits per heavy atom. The maximum absolute atomic E-state index is 5.40. The number of rotatable bonds is 3. The third kappa shape index (κ3) is 2.99. The van der Waals surface area contributed by atoms with E-state index in [1.807, 2.05) is 6.92 Å². The molecule has 0 aliphatic carbocycles. The molecule has 0 radical (unpaired) electrons. The number of hydrogen-bond acceptors (Lipinski definition) is 5. The fourth-order valence-electron chi connectivity index (χ4n) is 2.69. The first kappa shape index (κ1) is 14.2. The molecule has 2 heterocycles. The van der Waals surface area contributed by atoms with Crippen LogP contribution >= 0.6 is 0 Å². The lowest BCUT2D eigenvalue weighted by Crippen LogP contribution is -2.35. The van der Waals surface area contributed by atoms with Crippen LogP contribution < -0.4 is 4.74 Å². The molecule has 0 N–H and O–H groups in total. The highest BCUT2D eigenvalue weighted by atomic mass is 16.5. The van der Waals surface area contributed by atoms with Gasteiger partial charge in [0.2, 0.25) is 5.88 Å². The maximum Gasteiger partial charge on any atom is 0.235 e. The van der Waals surface area contributed by atoms with Gasteiger partial charge < -0.3 is 9.47 Å². The Kier molecular flexibility index (Phi) is 4.03. The largest absolute Gasteiger partial charge is 0.480 e. The zero-order valence-electron chi connectivity index (χ0n) is 12.8. The molecule has 1 fully saturated rings. The van der Waals surface area contributed by atoms with Gasteiger partial charge in [-0.1, -0.05) is 0 Å². The Bertz CT molecular complexity index is 652. The van der Waals surface area contributed by atoms with Gasteiger partial charge in [-0.15, -0.1) is 0 Å². The summed E-state index contributed by atoms with van der Waals surface area (Å²) in [6.07, 6.45) is 0. The summed E-state index contributed by atoms with van der Waals surface area (Å²) in [7, 11) is 1.63. The molecule has 1 aromatic carbocycles. The summed E-state index contributed by atoms with van der Waals surface area (Å²) >= 11 is 0. The van der Waals surface area contributed by atoms with E-state index in [-0.39, 0.29) is 0 Å². The summed E-state index contributed by atoms with van der Waals surface area (Å²) in [4.78, 5) is 11.6. The van der Waals surface area contributed by atoms with E-state index in [2.05, 4.69) is 33.9 Å². The van der Waals surface area contributed by atoms with E-state index in [4.69, 9.17) is 9.47 Å². The summed E-state index contributed by atoms with van der Waals surface area (Å²) in [5, 5.41) is 0. The second-order valence-corrected chi connectivity index (χ2v) is 5.47. The van der Waals surface area contributed by atoms with Gasteiger partial charge in [0.15, 0.2) is 0 Å². The van der Waals surface area contributed by atoms with Crippen LogP contribution in [-0.2, 0) is 11.3 Å². The third-order valence-electron chi connectivity index (χ3n) is 3.94. The van der Waals surface area contributed by atoms with Crippen molar-refractivity contribution in [3.63, 3.8) is 0 Å². The average Bonchev–Trinajstić information content (AvgIpc) is 2.49. The second-order valence-electron chi connectivity index (χ2n) is 5.47. The number of aryl methyl sites for hydroxylation is 2. The number of benzene rings is 1. The quantitative estimate of drug-likeness (QED) is 0.865. The van der Waals surface area contributed by atoms with Crippen molar-refractivity contribution in [2.75, 3.05) is 33.4 Å². The summed E-state index contributed by atoms with van der Waals surface area (Å²) in [5.74, 6) is 0.600. The maximum atomic E-state index is 5.40. The molecule has 5 heteroatoms. The fraction of sp³-hybridized carbons (Fsp3) is 0.500. The molecule has 112 valence electrons. The number of methoxy groups -OCH3 is 1. The zero-order valence-corrected chi connectivity index (χ0v) is 12.8. The highest BCUT2D eigenvalue weighted by molar-refractivity contribution is 5.77. The predicted molar refractivity (Wildman–Crippen MR) is 81.7 cm³/mol. The molecule has 2 aromatic rings. The van der Waals surface area contributed by atoms with E-state index in [1.165, 1.54) is 11.1 Å². The smallest absolute Gasteiger partial charge is 0.235 e. The number of ether oxygens (including phenoxy) is 2. The molecule has 0 atom stereocenters. The molecule has 1 saturated heterocycles. The first-order valence-corrected chi connectivity index (χ1v) is 7.29. The Morgan fingerprint density at radius 2 is 1.86 bits per heavy atom. The van der Waals surface area contributed by atoms with Crippen molar-refractivity contribution in [1.29, 1.82) is 0 Å². The van der Waals surface area contributed by atoms with E-state index in [0.717, 1.165) is 49.6 Å². The minimum absolute atomic E-state index is 0.600. The van der Waals surface area contributed by atoms with Crippen molar-refractivity contribution < 1.29 is 9.47 Å². The minimum atomic E-state index is 0.600. The molecule has 0 amide bonds. The van der Waals surface area contributed by atoms with Gasteiger partial charge in [0.05, 0.1) is 31.4 Å². The fourth-order valence-corrected chi connectivity index (χ4v) is 2.69. The molecule has 1 aromatic heterocycles. The van der Waals surface area contributed by atoms with Crippen LogP contribution in [-0.4, -0.2) is 48.3 Å². The molecule has 0 saturated carbocycles. The van der Waals surface area contributed by atoms with Crippen molar-refractivity contribution >= 4 is 11.0 Å². The van der Waals surface area contributed by atoms with Crippen LogP contribution in [0.3, 0.4) is 0 Å². The second kappa shape index (κ2) is 5.95. The highest BCUT2D eigenvalue weighted by Gasteiger charge is 2.14. The van der Waals surface area contributed by atoms with E-state index in [1.54, 1.807) is 7.11 Å². The van der Waals surface area contributed by atoms with Gasteiger partial charge in [-0.3, -0.25) is 4.90 Å². The lowest BCUT2D eigenvalue weighted by molar-refractivity contribution is 0.0341. The van der Waals surface area contributed by atoms with E-state index in [9.17, 15) is 0 Å². The van der Waals surface area contributed by atoms with E-state index >= 15 is 0 Å². The lowest BCUT2D eigenvalue weighted by Gasteiger charge is -2.27. The van der Waals surface area contributed by atoms with Crippen molar-refractivity contribution in [2.45, 2.75) is 20.4 Å². The molecule has 5 nitrogen and oxygen atoms in total. The van der Waals surface area contributed by atoms with Crippen LogP contribution in [0.2, 0.25) is 0 Å². The molecule has 1 aliphatic rings. The SMILES string of the molecule is COc1nc2cc(C)c(CN3CCOCC3)cc2nc1C. The van der Waals surface area contributed by atoms with Crippen LogP contribution in [0.1, 0.15) is 16.8 Å². The molecular weight excluding hydrogens is 266 g/mol. The standard InChI is InChI=1S/C16H21N3O2/c1-11-8-14-15(17-12(2)16(18-14)20-3)9-13(11)10-19-4-6-21-7-5-19/h8-9H,4-7,10H2,1-3H3. The van der Waals surface area contributed by atoms with Gasteiger partial charge in [-0.05, 0) is 37.1 Å². The third-order valence-corrected chi connectivity index (χ3v) is 3.94. The van der Waals surface area contributed by atoms with Crippen LogP contribution in [0.4, 0.5) is 0 Å². The molecule has 21 heavy (non-hydrogen) atoms. The summed E-state index contributed by atoms with van der Waals surface area (Å²) in [6.45, 7) is 8.62. The monoisotopic (exact) mass is 287 g/mol. The first-order chi connectivity index (χ1) is 10.2. The normalized spacial score (nSPS) is 16.3. The summed E-state index contributed by atoms with van der Waals surface area (Å²) in [5.41, 5.74) is 5.20. The lowest BCUT2D eigenvalue weighted by atomic mass is 10.1. The Labute approximate surface area is 124 Å². The Hall–Kier alpha value is -1.72. The number of aromatic nitrogens is 2. The predicted octanol–water partition coefficient (Wildman–Crippen LogP) is 2.09. The van der Waals surface area contributed by atoms with Gasteiger partial charge in [0.25, 0.3) is 0 Å². The Balaban J connectivity index is 1.94. The zero-order chi connectivity index (χ0) is 14.8. The highest BCUT2D eigenvalue weighted by Crippen LogP contribution is 2.22. The van der Waals surface area contributed by atoms with E-state index < -0.39 is 0 Å². The van der Waals surface area contributed by atoms with Crippen molar-refractivity contribution in [2.24, 2.45) is 0 Å². The first-order valence-electron chi connectivity index (χ1n) is 7.29. The topological polar surface area (TPSA) is 47.5 Å². The molecule has 0 bridgehead atoms. The van der Waals surface area contributed by atoms with Crippen LogP contribution in [0.15, 0.2) is 12.1 Å². The molecule has 3 rings (SSSR count). The van der Waals surface area contributed by atoms with Crippen molar-refractivity contribution in [3.05, 3.63) is 29.0 Å². The van der Waals surface area contributed by atoms with Crippen molar-refractivity contribution in [1.82, 2.24) is 14.9 Å². The van der Waals surface area contributed by atoms with Gasteiger partial charge in [0.1, 0.15) is 5.69 Å². The van der Waals surface area contributed by atoms with Crippen LogP contribution in [0.5, 0.6) is 5.88 Å². The Morgan fingerprint density at radius 3 is 2.57 bits per heavy atom. The molecular formula is C16H21N3O2. The minimum Gasteiger partial charge on any atom is -0.480 e. The van der Waals surface area contributed by atoms with Crippen molar-refractivity contribution in [3.8, 4) is 5.88 Å². The molecule has 1 aliphatic heterocycles. The summed E-state index contributed by atoms with van der Waals surface area (Å²) in [6, 6.07) is 4.25. The van der Waals surface area contributed by atoms with E-state index in [0.29, 0.717) is 5.88 Å². The van der Waals surface area contributed by atoms with Crippen LogP contribution in [0, 0.1) is 13.8 Å². The average molecular weight is 287 g/mol. The van der Waals surface area contributed by atoms with Gasteiger partial charge in [-0.2, -0.15) is 0 Å². The van der Waals surface area contributed by atoms with Gasteiger partial charge in [-0.25, -0.2) is 9.97 Å². The van der Waals surface area contributed by atoms with Gasteiger partial charge in [0, 0.05) is 19.6 Å². The van der Waals surface area contributed by atoms with Gasteiger partial charge >= 0.3 is 0 Å². The number of hydrogen-bond donors (Lipinski definition) is 0. The molecule has 0 spiro atoms. The number of nitrogens with zero attached hydrogens (tertiary/aromatic N) is 3.